The molecule has 102 valence electrons. The van der Waals surface area contributed by atoms with Gasteiger partial charge in [0.15, 0.2) is 0 Å². The topological polar surface area (TPSA) is 55.1 Å². The van der Waals surface area contributed by atoms with Gasteiger partial charge >= 0.3 is 0 Å². The third kappa shape index (κ3) is 2.65. The van der Waals surface area contributed by atoms with Crippen LogP contribution in [-0.2, 0) is 11.3 Å². The summed E-state index contributed by atoms with van der Waals surface area (Å²) in [6.07, 6.45) is 0. The predicted molar refractivity (Wildman–Crippen MR) is 82.6 cm³/mol. The SMILES string of the molecule is Nc1cccc(CNC(=O)C2CSc3ccccc32)c1. The molecule has 0 spiro atoms. The van der Waals surface area contributed by atoms with E-state index in [1.54, 1.807) is 11.8 Å². The van der Waals surface area contributed by atoms with Gasteiger partial charge in [0.05, 0.1) is 5.92 Å². The highest BCUT2D eigenvalue weighted by molar-refractivity contribution is 7.99. The number of nitrogens with two attached hydrogens (primary N) is 1. The molecular formula is C16H16N2OS. The maximum atomic E-state index is 12.3. The van der Waals surface area contributed by atoms with Gasteiger partial charge in [-0.05, 0) is 29.3 Å². The fourth-order valence-electron chi connectivity index (χ4n) is 2.40. The molecule has 3 rings (SSSR count). The van der Waals surface area contributed by atoms with E-state index in [1.807, 2.05) is 42.5 Å². The quantitative estimate of drug-likeness (QED) is 0.852. The number of anilines is 1. The summed E-state index contributed by atoms with van der Waals surface area (Å²) in [6.45, 7) is 0.521. The van der Waals surface area contributed by atoms with Crippen LogP contribution in [-0.4, -0.2) is 11.7 Å². The van der Waals surface area contributed by atoms with Crippen LogP contribution in [0.2, 0.25) is 0 Å². The molecule has 0 fully saturated rings. The van der Waals surface area contributed by atoms with Gasteiger partial charge in [-0.2, -0.15) is 0 Å². The molecule has 0 saturated carbocycles. The smallest absolute Gasteiger partial charge is 0.228 e. The Balaban J connectivity index is 1.66. The molecular weight excluding hydrogens is 268 g/mol. The lowest BCUT2D eigenvalue weighted by molar-refractivity contribution is -0.122. The van der Waals surface area contributed by atoms with E-state index in [0.29, 0.717) is 6.54 Å². The number of hydrogen-bond donors (Lipinski definition) is 2. The first-order valence-corrected chi connectivity index (χ1v) is 7.56. The van der Waals surface area contributed by atoms with Crippen LogP contribution >= 0.6 is 11.8 Å². The van der Waals surface area contributed by atoms with Gasteiger partial charge in [-0.25, -0.2) is 0 Å². The minimum absolute atomic E-state index is 0.0442. The Morgan fingerprint density at radius 2 is 2.10 bits per heavy atom. The van der Waals surface area contributed by atoms with Gasteiger partial charge in [-0.3, -0.25) is 4.79 Å². The van der Waals surface area contributed by atoms with Crippen molar-refractivity contribution >= 4 is 23.4 Å². The Labute approximate surface area is 122 Å². The van der Waals surface area contributed by atoms with E-state index in [4.69, 9.17) is 5.73 Å². The van der Waals surface area contributed by atoms with Crippen LogP contribution in [0.25, 0.3) is 0 Å². The second-order valence-corrected chi connectivity index (χ2v) is 5.93. The zero-order chi connectivity index (χ0) is 13.9. The van der Waals surface area contributed by atoms with Gasteiger partial charge in [0, 0.05) is 22.9 Å². The van der Waals surface area contributed by atoms with E-state index < -0.39 is 0 Å². The normalized spacial score (nSPS) is 16.7. The van der Waals surface area contributed by atoms with Crippen molar-refractivity contribution < 1.29 is 4.79 Å². The fourth-order valence-corrected chi connectivity index (χ4v) is 3.62. The summed E-state index contributed by atoms with van der Waals surface area (Å²) < 4.78 is 0. The summed E-state index contributed by atoms with van der Waals surface area (Å²) in [5, 5.41) is 3.00. The van der Waals surface area contributed by atoms with E-state index in [9.17, 15) is 4.79 Å². The van der Waals surface area contributed by atoms with Crippen LogP contribution in [0.3, 0.4) is 0 Å². The fraction of sp³-hybridized carbons (Fsp3) is 0.188. The van der Waals surface area contributed by atoms with Gasteiger partial charge in [0.25, 0.3) is 0 Å². The minimum Gasteiger partial charge on any atom is -0.399 e. The van der Waals surface area contributed by atoms with Crippen LogP contribution in [0.15, 0.2) is 53.4 Å². The van der Waals surface area contributed by atoms with Crippen LogP contribution in [0.5, 0.6) is 0 Å². The number of nitrogen functional groups attached to an aromatic ring is 1. The van der Waals surface area contributed by atoms with Crippen LogP contribution in [0.1, 0.15) is 17.0 Å². The molecule has 3 N–H and O–H groups in total. The van der Waals surface area contributed by atoms with Gasteiger partial charge < -0.3 is 11.1 Å². The summed E-state index contributed by atoms with van der Waals surface area (Å²) >= 11 is 1.75. The van der Waals surface area contributed by atoms with E-state index in [1.165, 1.54) is 4.90 Å². The molecule has 2 aromatic rings. The molecule has 0 aliphatic carbocycles. The number of benzene rings is 2. The van der Waals surface area contributed by atoms with Crippen LogP contribution < -0.4 is 11.1 Å². The lowest BCUT2D eigenvalue weighted by atomic mass is 10.0. The van der Waals surface area contributed by atoms with Crippen LogP contribution in [0.4, 0.5) is 5.69 Å². The molecule has 0 aromatic heterocycles. The molecule has 1 aliphatic heterocycles. The average molecular weight is 284 g/mol. The lowest BCUT2D eigenvalue weighted by Crippen LogP contribution is -2.29. The van der Waals surface area contributed by atoms with E-state index in [0.717, 1.165) is 22.6 Å². The molecule has 0 bridgehead atoms. The molecule has 1 unspecified atom stereocenters. The number of carbonyl (C=O) groups is 1. The standard InChI is InChI=1S/C16H16N2OS/c17-12-5-3-4-11(8-12)9-18-16(19)14-10-20-15-7-2-1-6-13(14)15/h1-8,14H,9-10,17H2,(H,18,19). The zero-order valence-electron chi connectivity index (χ0n) is 11.0. The molecule has 1 heterocycles. The van der Waals surface area contributed by atoms with Crippen molar-refractivity contribution in [2.75, 3.05) is 11.5 Å². The number of nitrogens with one attached hydrogen (secondary N) is 1. The summed E-state index contributed by atoms with van der Waals surface area (Å²) in [7, 11) is 0. The number of hydrogen-bond acceptors (Lipinski definition) is 3. The van der Waals surface area contributed by atoms with E-state index >= 15 is 0 Å². The van der Waals surface area contributed by atoms with Crippen molar-refractivity contribution in [1.82, 2.24) is 5.32 Å². The summed E-state index contributed by atoms with van der Waals surface area (Å²) in [5.74, 6) is 0.865. The average Bonchev–Trinajstić information content (AvgIpc) is 2.89. The summed E-state index contributed by atoms with van der Waals surface area (Å²) in [5.41, 5.74) is 8.62. The minimum atomic E-state index is -0.0442. The maximum Gasteiger partial charge on any atom is 0.228 e. The van der Waals surface area contributed by atoms with Crippen molar-refractivity contribution in [1.29, 1.82) is 0 Å². The first kappa shape index (κ1) is 13.1. The number of fused-ring (bicyclic) bond motifs is 1. The van der Waals surface area contributed by atoms with Crippen molar-refractivity contribution in [3.8, 4) is 0 Å². The number of carbonyl (C=O) groups excluding carboxylic acids is 1. The Morgan fingerprint density at radius 3 is 2.95 bits per heavy atom. The van der Waals surface area contributed by atoms with Crippen molar-refractivity contribution in [3.63, 3.8) is 0 Å². The van der Waals surface area contributed by atoms with Crippen molar-refractivity contribution in [3.05, 3.63) is 59.7 Å². The maximum absolute atomic E-state index is 12.3. The molecule has 0 radical (unpaired) electrons. The Kier molecular flexibility index (Phi) is 3.65. The highest BCUT2D eigenvalue weighted by atomic mass is 32.2. The molecule has 20 heavy (non-hydrogen) atoms. The highest BCUT2D eigenvalue weighted by Gasteiger charge is 2.28. The molecule has 0 saturated heterocycles. The molecule has 1 aliphatic rings. The first-order valence-electron chi connectivity index (χ1n) is 6.58. The van der Waals surface area contributed by atoms with Gasteiger partial charge in [0.1, 0.15) is 0 Å². The monoisotopic (exact) mass is 284 g/mol. The van der Waals surface area contributed by atoms with Gasteiger partial charge in [0.2, 0.25) is 5.91 Å². The third-order valence-corrected chi connectivity index (χ3v) is 4.62. The largest absolute Gasteiger partial charge is 0.399 e. The molecule has 3 nitrogen and oxygen atoms in total. The predicted octanol–water partition coefficient (Wildman–Crippen LogP) is 2.77. The highest BCUT2D eigenvalue weighted by Crippen LogP contribution is 2.39. The van der Waals surface area contributed by atoms with Crippen molar-refractivity contribution in [2.24, 2.45) is 0 Å². The number of amides is 1. The Hall–Kier alpha value is -1.94. The Morgan fingerprint density at radius 1 is 1.25 bits per heavy atom. The number of rotatable bonds is 3. The van der Waals surface area contributed by atoms with Gasteiger partial charge in [-0.1, -0.05) is 30.3 Å². The second-order valence-electron chi connectivity index (χ2n) is 4.86. The van der Waals surface area contributed by atoms with E-state index in [-0.39, 0.29) is 11.8 Å². The number of thioether (sulfide) groups is 1. The summed E-state index contributed by atoms with van der Waals surface area (Å²) in [4.78, 5) is 13.5. The van der Waals surface area contributed by atoms with Crippen molar-refractivity contribution in [2.45, 2.75) is 17.4 Å². The zero-order valence-corrected chi connectivity index (χ0v) is 11.8. The first-order chi connectivity index (χ1) is 9.74. The molecule has 4 heteroatoms. The van der Waals surface area contributed by atoms with E-state index in [2.05, 4.69) is 11.4 Å². The second kappa shape index (κ2) is 5.59. The lowest BCUT2D eigenvalue weighted by Gasteiger charge is -2.12. The molecule has 1 atom stereocenters. The van der Waals surface area contributed by atoms with Crippen LogP contribution in [0, 0.1) is 0 Å². The third-order valence-electron chi connectivity index (χ3n) is 3.43. The molecule has 2 aromatic carbocycles. The van der Waals surface area contributed by atoms with Gasteiger partial charge in [-0.15, -0.1) is 11.8 Å². The summed E-state index contributed by atoms with van der Waals surface area (Å²) in [6, 6.07) is 15.7. The Bertz CT molecular complexity index is 642. The molecule has 1 amide bonds.